The summed E-state index contributed by atoms with van der Waals surface area (Å²) in [6, 6.07) is 0. The van der Waals surface area contributed by atoms with Gasteiger partial charge in [0, 0.05) is 42.2 Å². The number of carbonyl (C=O) groups is 1. The minimum absolute atomic E-state index is 0.141. The van der Waals surface area contributed by atoms with Gasteiger partial charge in [-0.05, 0) is 25.8 Å². The van der Waals surface area contributed by atoms with Crippen molar-refractivity contribution in [1.29, 1.82) is 0 Å². The van der Waals surface area contributed by atoms with Gasteiger partial charge in [-0.15, -0.1) is 0 Å². The molecule has 0 radical (unpaired) electrons. The van der Waals surface area contributed by atoms with Crippen LogP contribution in [0.2, 0.25) is 0 Å². The van der Waals surface area contributed by atoms with Crippen molar-refractivity contribution in [3.8, 4) is 0 Å². The minimum Gasteiger partial charge on any atom is -0.381 e. The standard InChI is InChI=1S/C14H25NO2S/c1-13(2)3-6-15(7-10-18-13)11-14(12-16)4-8-17-9-5-14/h12H,3-11H2,1-2H3. The van der Waals surface area contributed by atoms with E-state index in [4.69, 9.17) is 4.74 Å². The zero-order valence-electron chi connectivity index (χ0n) is 11.6. The van der Waals surface area contributed by atoms with E-state index in [9.17, 15) is 4.79 Å². The molecule has 0 unspecified atom stereocenters. The van der Waals surface area contributed by atoms with E-state index < -0.39 is 0 Å². The van der Waals surface area contributed by atoms with Gasteiger partial charge in [-0.1, -0.05) is 13.8 Å². The van der Waals surface area contributed by atoms with Gasteiger partial charge in [0.05, 0.1) is 0 Å². The number of aldehydes is 1. The van der Waals surface area contributed by atoms with E-state index in [0.717, 1.165) is 45.7 Å². The fourth-order valence-corrected chi connectivity index (χ4v) is 3.89. The summed E-state index contributed by atoms with van der Waals surface area (Å²) in [6.07, 6.45) is 4.19. The van der Waals surface area contributed by atoms with Crippen LogP contribution in [0.4, 0.5) is 0 Å². The first-order chi connectivity index (χ1) is 8.55. The van der Waals surface area contributed by atoms with E-state index in [-0.39, 0.29) is 5.41 Å². The summed E-state index contributed by atoms with van der Waals surface area (Å²) >= 11 is 2.06. The van der Waals surface area contributed by atoms with Crippen molar-refractivity contribution in [3.05, 3.63) is 0 Å². The van der Waals surface area contributed by atoms with Crippen LogP contribution in [0, 0.1) is 5.41 Å². The van der Waals surface area contributed by atoms with E-state index in [1.807, 2.05) is 0 Å². The van der Waals surface area contributed by atoms with Gasteiger partial charge >= 0.3 is 0 Å². The molecule has 4 heteroatoms. The first kappa shape index (κ1) is 14.4. The predicted molar refractivity (Wildman–Crippen MR) is 76.1 cm³/mol. The van der Waals surface area contributed by atoms with Crippen LogP contribution in [0.1, 0.15) is 33.1 Å². The Morgan fingerprint density at radius 3 is 2.61 bits per heavy atom. The van der Waals surface area contributed by atoms with Crippen molar-refractivity contribution < 1.29 is 9.53 Å². The smallest absolute Gasteiger partial charge is 0.127 e. The molecular weight excluding hydrogens is 246 g/mol. The molecule has 3 nitrogen and oxygen atoms in total. The topological polar surface area (TPSA) is 29.5 Å². The zero-order chi connectivity index (χ0) is 13.1. The van der Waals surface area contributed by atoms with Crippen molar-refractivity contribution >= 4 is 18.0 Å². The van der Waals surface area contributed by atoms with Gasteiger partial charge < -0.3 is 14.4 Å². The average molecular weight is 271 g/mol. The third-order valence-corrected chi connectivity index (χ3v) is 5.58. The van der Waals surface area contributed by atoms with Crippen molar-refractivity contribution in [2.75, 3.05) is 38.6 Å². The molecule has 0 aromatic rings. The maximum Gasteiger partial charge on any atom is 0.127 e. The second kappa shape index (κ2) is 5.93. The average Bonchev–Trinajstić information content (AvgIpc) is 2.52. The quantitative estimate of drug-likeness (QED) is 0.736. The molecule has 104 valence electrons. The lowest BCUT2D eigenvalue weighted by Crippen LogP contribution is -2.43. The number of carbonyl (C=O) groups excluding carboxylic acids is 1. The van der Waals surface area contributed by atoms with Crippen LogP contribution in [-0.4, -0.2) is 54.5 Å². The Kier molecular flexibility index (Phi) is 4.73. The molecule has 2 aliphatic heterocycles. The van der Waals surface area contributed by atoms with Crippen LogP contribution >= 0.6 is 11.8 Å². The van der Waals surface area contributed by atoms with Crippen LogP contribution in [0.5, 0.6) is 0 Å². The fourth-order valence-electron chi connectivity index (χ4n) is 2.76. The molecule has 0 amide bonds. The summed E-state index contributed by atoms with van der Waals surface area (Å²) in [4.78, 5) is 14.0. The minimum atomic E-state index is -0.141. The van der Waals surface area contributed by atoms with Crippen LogP contribution in [0.25, 0.3) is 0 Å². The van der Waals surface area contributed by atoms with Crippen molar-refractivity contribution in [2.45, 2.75) is 37.9 Å². The number of ether oxygens (including phenoxy) is 1. The fraction of sp³-hybridized carbons (Fsp3) is 0.929. The van der Waals surface area contributed by atoms with Gasteiger partial charge in [0.25, 0.3) is 0 Å². The summed E-state index contributed by atoms with van der Waals surface area (Å²) in [7, 11) is 0. The molecule has 0 bridgehead atoms. The molecular formula is C14H25NO2S. The highest BCUT2D eigenvalue weighted by Crippen LogP contribution is 2.34. The van der Waals surface area contributed by atoms with Gasteiger partial charge in [-0.2, -0.15) is 11.8 Å². The summed E-state index contributed by atoms with van der Waals surface area (Å²) in [5.41, 5.74) is -0.141. The van der Waals surface area contributed by atoms with Crippen LogP contribution in [-0.2, 0) is 9.53 Å². The van der Waals surface area contributed by atoms with E-state index in [1.165, 1.54) is 18.5 Å². The van der Waals surface area contributed by atoms with Gasteiger partial charge in [0.1, 0.15) is 6.29 Å². The Bertz CT molecular complexity index is 288. The second-order valence-corrected chi connectivity index (χ2v) is 8.03. The third-order valence-electron chi connectivity index (χ3n) is 4.21. The van der Waals surface area contributed by atoms with E-state index >= 15 is 0 Å². The molecule has 2 heterocycles. The number of rotatable bonds is 3. The van der Waals surface area contributed by atoms with Crippen molar-refractivity contribution in [3.63, 3.8) is 0 Å². The highest BCUT2D eigenvalue weighted by Gasteiger charge is 2.35. The lowest BCUT2D eigenvalue weighted by atomic mass is 9.81. The molecule has 2 fully saturated rings. The Morgan fingerprint density at radius 2 is 1.94 bits per heavy atom. The summed E-state index contributed by atoms with van der Waals surface area (Å²) in [5.74, 6) is 1.18. The molecule has 0 spiro atoms. The number of thioether (sulfide) groups is 1. The summed E-state index contributed by atoms with van der Waals surface area (Å²) < 4.78 is 5.78. The highest BCUT2D eigenvalue weighted by molar-refractivity contribution is 8.00. The van der Waals surface area contributed by atoms with Crippen LogP contribution in [0.15, 0.2) is 0 Å². The molecule has 0 atom stereocenters. The third kappa shape index (κ3) is 3.72. The molecule has 18 heavy (non-hydrogen) atoms. The Labute approximate surface area is 115 Å². The molecule has 0 aliphatic carbocycles. The van der Waals surface area contributed by atoms with Gasteiger partial charge in [-0.3, -0.25) is 0 Å². The molecule has 0 N–H and O–H groups in total. The lowest BCUT2D eigenvalue weighted by molar-refractivity contribution is -0.123. The van der Waals surface area contributed by atoms with Crippen molar-refractivity contribution in [2.24, 2.45) is 5.41 Å². The molecule has 2 aliphatic rings. The maximum atomic E-state index is 11.5. The van der Waals surface area contributed by atoms with E-state index in [1.54, 1.807) is 0 Å². The zero-order valence-corrected chi connectivity index (χ0v) is 12.4. The Morgan fingerprint density at radius 1 is 1.22 bits per heavy atom. The predicted octanol–water partition coefficient (Wildman–Crippen LogP) is 2.20. The van der Waals surface area contributed by atoms with Crippen molar-refractivity contribution in [1.82, 2.24) is 4.90 Å². The summed E-state index contributed by atoms with van der Waals surface area (Å²) in [5, 5.41) is 0. The Balaban J connectivity index is 1.93. The largest absolute Gasteiger partial charge is 0.381 e. The van der Waals surface area contributed by atoms with E-state index in [0.29, 0.717) is 4.75 Å². The second-order valence-electron chi connectivity index (χ2n) is 6.23. The molecule has 2 saturated heterocycles. The number of nitrogens with zero attached hydrogens (tertiary/aromatic N) is 1. The maximum absolute atomic E-state index is 11.5. The first-order valence-electron chi connectivity index (χ1n) is 6.96. The SMILES string of the molecule is CC1(C)CCN(CC2(C=O)CCOCC2)CCS1. The first-order valence-corrected chi connectivity index (χ1v) is 7.94. The molecule has 0 aromatic carbocycles. The number of hydrogen-bond donors (Lipinski definition) is 0. The molecule has 0 saturated carbocycles. The van der Waals surface area contributed by atoms with Crippen LogP contribution < -0.4 is 0 Å². The lowest BCUT2D eigenvalue weighted by Gasteiger charge is -2.36. The summed E-state index contributed by atoms with van der Waals surface area (Å²) in [6.45, 7) is 9.30. The normalized spacial score (nSPS) is 28.6. The number of hydrogen-bond acceptors (Lipinski definition) is 4. The highest BCUT2D eigenvalue weighted by atomic mass is 32.2. The molecule has 0 aromatic heterocycles. The van der Waals surface area contributed by atoms with Gasteiger partial charge in [0.2, 0.25) is 0 Å². The monoisotopic (exact) mass is 271 g/mol. The molecule has 2 rings (SSSR count). The van der Waals surface area contributed by atoms with Gasteiger partial charge in [0.15, 0.2) is 0 Å². The van der Waals surface area contributed by atoms with Crippen LogP contribution in [0.3, 0.4) is 0 Å². The van der Waals surface area contributed by atoms with E-state index in [2.05, 4.69) is 30.5 Å². The Hall–Kier alpha value is -0.0600. The van der Waals surface area contributed by atoms with Gasteiger partial charge in [-0.25, -0.2) is 0 Å².